The van der Waals surface area contributed by atoms with E-state index in [1.165, 1.54) is 24.3 Å². The Morgan fingerprint density at radius 2 is 1.51 bits per heavy atom. The van der Waals surface area contributed by atoms with Gasteiger partial charge in [-0.2, -0.15) is 13.2 Å². The number of ether oxygens (including phenoxy) is 1. The maximum absolute atomic E-state index is 13.8. The van der Waals surface area contributed by atoms with Crippen LogP contribution >= 0.6 is 11.6 Å². The van der Waals surface area contributed by atoms with Crippen molar-refractivity contribution >= 4 is 39.9 Å². The van der Waals surface area contributed by atoms with Crippen LogP contribution in [0.2, 0.25) is 5.02 Å². The molecule has 0 aliphatic heterocycles. The van der Waals surface area contributed by atoms with E-state index in [-0.39, 0.29) is 21.7 Å². The van der Waals surface area contributed by atoms with Gasteiger partial charge in [-0.1, -0.05) is 23.7 Å². The van der Waals surface area contributed by atoms with Crippen molar-refractivity contribution < 1.29 is 37.0 Å². The average molecular weight is 535 g/mol. The minimum Gasteiger partial charge on any atom is -0.450 e. The summed E-state index contributed by atoms with van der Waals surface area (Å²) in [6.07, 6.45) is -5.07. The quantitative estimate of drug-likeness (QED) is 0.128. The molecular formula is C23H10ClF3N2O8. The van der Waals surface area contributed by atoms with Gasteiger partial charge in [0.15, 0.2) is 0 Å². The van der Waals surface area contributed by atoms with E-state index in [4.69, 9.17) is 20.8 Å². The summed E-state index contributed by atoms with van der Waals surface area (Å²) in [5, 5.41) is 22.1. The molecule has 0 aliphatic carbocycles. The number of non-ortho nitro benzene ring substituents is 2. The monoisotopic (exact) mass is 534 g/mol. The lowest BCUT2D eigenvalue weighted by Crippen LogP contribution is -2.16. The van der Waals surface area contributed by atoms with Crippen LogP contribution in [0.4, 0.5) is 24.5 Å². The number of benzene rings is 3. The van der Waals surface area contributed by atoms with Crippen LogP contribution in [0.25, 0.3) is 22.1 Å². The number of nitro groups is 2. The normalized spacial score (nSPS) is 11.4. The van der Waals surface area contributed by atoms with Crippen molar-refractivity contribution in [1.29, 1.82) is 0 Å². The summed E-state index contributed by atoms with van der Waals surface area (Å²) in [6, 6.07) is 10.2. The first-order chi connectivity index (χ1) is 17.3. The van der Waals surface area contributed by atoms with Crippen molar-refractivity contribution in [3.8, 4) is 16.9 Å². The summed E-state index contributed by atoms with van der Waals surface area (Å²) < 4.78 is 51.5. The van der Waals surface area contributed by atoms with Gasteiger partial charge in [0.1, 0.15) is 11.3 Å². The number of alkyl halides is 3. The van der Waals surface area contributed by atoms with Crippen LogP contribution in [-0.2, 0) is 6.18 Å². The SMILES string of the molecule is O=C(Oc1ccc2c(=O)c(-c3ccc(Cl)cc3)c(C(F)(F)F)oc2c1)c1cc([N+](=O)[O-])cc([N+](=O)[O-])c1. The van der Waals surface area contributed by atoms with E-state index in [1.807, 2.05) is 0 Å². The van der Waals surface area contributed by atoms with E-state index in [1.54, 1.807) is 0 Å². The van der Waals surface area contributed by atoms with Crippen LogP contribution in [-0.4, -0.2) is 15.8 Å². The topological polar surface area (TPSA) is 143 Å². The Morgan fingerprint density at radius 3 is 2.05 bits per heavy atom. The minimum absolute atomic E-state index is 0.0878. The van der Waals surface area contributed by atoms with Gasteiger partial charge in [0.05, 0.1) is 32.4 Å². The second-order valence-electron chi connectivity index (χ2n) is 7.44. The van der Waals surface area contributed by atoms with E-state index in [9.17, 15) is 43.0 Å². The fourth-order valence-corrected chi connectivity index (χ4v) is 3.53. The number of carbonyl (C=O) groups excluding carboxylic acids is 1. The van der Waals surface area contributed by atoms with Crippen molar-refractivity contribution in [2.75, 3.05) is 0 Å². The maximum Gasteiger partial charge on any atom is 0.450 e. The first-order valence-corrected chi connectivity index (χ1v) is 10.3. The Balaban J connectivity index is 1.79. The van der Waals surface area contributed by atoms with E-state index >= 15 is 0 Å². The molecule has 0 spiro atoms. The lowest BCUT2D eigenvalue weighted by molar-refractivity contribution is -0.394. The van der Waals surface area contributed by atoms with Crippen molar-refractivity contribution in [1.82, 2.24) is 0 Å². The molecule has 10 nitrogen and oxygen atoms in total. The molecule has 1 aromatic heterocycles. The Morgan fingerprint density at radius 1 is 0.919 bits per heavy atom. The molecule has 0 N–H and O–H groups in total. The average Bonchev–Trinajstić information content (AvgIpc) is 2.83. The zero-order chi connectivity index (χ0) is 27.1. The molecule has 0 fully saturated rings. The van der Waals surface area contributed by atoms with Gasteiger partial charge in [0, 0.05) is 23.2 Å². The highest BCUT2D eigenvalue weighted by Gasteiger charge is 2.39. The minimum atomic E-state index is -5.07. The molecular weight excluding hydrogens is 525 g/mol. The van der Waals surface area contributed by atoms with Gasteiger partial charge in [-0.15, -0.1) is 0 Å². The molecule has 0 saturated carbocycles. The molecule has 0 bridgehead atoms. The van der Waals surface area contributed by atoms with Gasteiger partial charge in [0.2, 0.25) is 11.2 Å². The molecule has 0 saturated heterocycles. The number of hydrogen-bond acceptors (Lipinski definition) is 8. The summed E-state index contributed by atoms with van der Waals surface area (Å²) in [5.74, 6) is -3.25. The number of esters is 1. The Labute approximate surface area is 207 Å². The lowest BCUT2D eigenvalue weighted by atomic mass is 10.0. The molecule has 0 radical (unpaired) electrons. The maximum atomic E-state index is 13.8. The molecule has 0 atom stereocenters. The summed E-state index contributed by atoms with van der Waals surface area (Å²) in [6.45, 7) is 0. The molecule has 4 rings (SSSR count). The summed E-state index contributed by atoms with van der Waals surface area (Å²) in [7, 11) is 0. The van der Waals surface area contributed by atoms with Crippen LogP contribution in [0.1, 0.15) is 16.1 Å². The molecule has 0 unspecified atom stereocenters. The first kappa shape index (κ1) is 25.3. The third kappa shape index (κ3) is 5.11. The third-order valence-electron chi connectivity index (χ3n) is 5.02. The van der Waals surface area contributed by atoms with Crippen LogP contribution in [0.15, 0.2) is 69.9 Å². The summed E-state index contributed by atoms with van der Waals surface area (Å²) >= 11 is 5.78. The number of rotatable bonds is 5. The van der Waals surface area contributed by atoms with Crippen molar-refractivity contribution in [2.24, 2.45) is 0 Å². The van der Waals surface area contributed by atoms with Crippen LogP contribution < -0.4 is 10.2 Å². The fourth-order valence-electron chi connectivity index (χ4n) is 3.41. The largest absolute Gasteiger partial charge is 0.450 e. The number of halogens is 4. The van der Waals surface area contributed by atoms with Crippen molar-refractivity contribution in [3.63, 3.8) is 0 Å². The Hall–Kier alpha value is -4.78. The van der Waals surface area contributed by atoms with Gasteiger partial charge in [0.25, 0.3) is 11.4 Å². The van der Waals surface area contributed by atoms with E-state index in [0.717, 1.165) is 30.3 Å². The van der Waals surface area contributed by atoms with E-state index < -0.39 is 61.3 Å². The lowest BCUT2D eigenvalue weighted by Gasteiger charge is -2.13. The second kappa shape index (κ2) is 9.35. The van der Waals surface area contributed by atoms with Gasteiger partial charge in [-0.05, 0) is 29.8 Å². The fraction of sp³-hybridized carbons (Fsp3) is 0.0435. The zero-order valence-electron chi connectivity index (χ0n) is 17.9. The van der Waals surface area contributed by atoms with Crippen LogP contribution in [0, 0.1) is 20.2 Å². The molecule has 1 heterocycles. The smallest absolute Gasteiger partial charge is 0.450 e. The number of nitrogens with zero attached hydrogens (tertiary/aromatic N) is 2. The first-order valence-electron chi connectivity index (χ1n) is 9.95. The predicted molar refractivity (Wildman–Crippen MR) is 123 cm³/mol. The van der Waals surface area contributed by atoms with Gasteiger partial charge in [-0.25, -0.2) is 4.79 Å². The zero-order valence-corrected chi connectivity index (χ0v) is 18.7. The highest BCUT2D eigenvalue weighted by Crippen LogP contribution is 2.38. The third-order valence-corrected chi connectivity index (χ3v) is 5.28. The Kier molecular flexibility index (Phi) is 6.40. The molecule has 3 aromatic carbocycles. The molecule has 4 aromatic rings. The van der Waals surface area contributed by atoms with Gasteiger partial charge >= 0.3 is 12.1 Å². The molecule has 14 heteroatoms. The van der Waals surface area contributed by atoms with Gasteiger partial charge < -0.3 is 9.15 Å². The van der Waals surface area contributed by atoms with Crippen LogP contribution in [0.5, 0.6) is 5.75 Å². The number of fused-ring (bicyclic) bond motifs is 1. The predicted octanol–water partition coefficient (Wildman–Crippen LogP) is 6.17. The van der Waals surface area contributed by atoms with Crippen molar-refractivity contribution in [3.05, 3.63) is 107 Å². The van der Waals surface area contributed by atoms with E-state index in [0.29, 0.717) is 6.07 Å². The summed E-state index contributed by atoms with van der Waals surface area (Å²) in [5.41, 5.74) is -4.48. The molecule has 37 heavy (non-hydrogen) atoms. The number of hydrogen-bond donors (Lipinski definition) is 0. The van der Waals surface area contributed by atoms with Gasteiger partial charge in [-0.3, -0.25) is 25.0 Å². The number of nitro benzene ring substituents is 2. The number of carbonyl (C=O) groups is 1. The highest BCUT2D eigenvalue weighted by molar-refractivity contribution is 6.30. The van der Waals surface area contributed by atoms with E-state index in [2.05, 4.69) is 0 Å². The highest BCUT2D eigenvalue weighted by atomic mass is 35.5. The Bertz CT molecular complexity index is 1620. The molecule has 188 valence electrons. The summed E-state index contributed by atoms with van der Waals surface area (Å²) in [4.78, 5) is 45.7. The second-order valence-corrected chi connectivity index (χ2v) is 7.88. The standard InChI is InChI=1S/C23H10ClF3N2O8/c24-13-3-1-11(2-4-13)19-20(30)17-6-5-16(10-18(17)37-21(19)23(25,26)27)36-22(31)12-7-14(28(32)33)9-15(8-12)29(34)35/h1-10H. The van der Waals surface area contributed by atoms with Crippen molar-refractivity contribution in [2.45, 2.75) is 6.18 Å². The van der Waals surface area contributed by atoms with Crippen LogP contribution in [0.3, 0.4) is 0 Å². The molecule has 0 aliphatic rings. The molecule has 0 amide bonds.